The maximum atomic E-state index is 13.0. The lowest BCUT2D eigenvalue weighted by Crippen LogP contribution is -2.29. The van der Waals surface area contributed by atoms with Crippen molar-refractivity contribution >= 4 is 40.8 Å². The fourth-order valence-corrected chi connectivity index (χ4v) is 5.16. The summed E-state index contributed by atoms with van der Waals surface area (Å²) in [6.45, 7) is 0.422. The molecule has 33 heavy (non-hydrogen) atoms. The van der Waals surface area contributed by atoms with E-state index in [9.17, 15) is 9.59 Å². The molecule has 1 fully saturated rings. The number of halogens is 1. The normalized spacial score (nSPS) is 18.1. The molecule has 0 aliphatic heterocycles. The Morgan fingerprint density at radius 3 is 2.36 bits per heavy atom. The molecule has 0 spiro atoms. The third-order valence-electron chi connectivity index (χ3n) is 5.93. The Morgan fingerprint density at radius 1 is 1.03 bits per heavy atom. The van der Waals surface area contributed by atoms with Crippen molar-refractivity contribution in [1.29, 1.82) is 0 Å². The van der Waals surface area contributed by atoms with E-state index in [-0.39, 0.29) is 11.8 Å². The number of ether oxygens (including phenoxy) is 1. The van der Waals surface area contributed by atoms with Crippen LogP contribution in [0.5, 0.6) is 0 Å². The van der Waals surface area contributed by atoms with Crippen molar-refractivity contribution in [3.8, 4) is 0 Å². The zero-order valence-corrected chi connectivity index (χ0v) is 19.8. The van der Waals surface area contributed by atoms with Crippen LogP contribution >= 0.6 is 23.4 Å². The molecule has 1 aliphatic carbocycles. The van der Waals surface area contributed by atoms with Crippen LogP contribution in [0.4, 0.5) is 16.2 Å². The van der Waals surface area contributed by atoms with Gasteiger partial charge in [-0.15, -0.1) is 5.10 Å². The number of carbonyl (C=O) groups excluding carboxylic acids is 1. The number of nitrogens with zero attached hydrogens (tertiary/aromatic N) is 2. The number of amides is 1. The fraction of sp³-hybridized carbons (Fsp3) is 0.375. The summed E-state index contributed by atoms with van der Waals surface area (Å²) in [5.74, 6) is 1.96. The minimum Gasteiger partial charge on any atom is -0.449 e. The molecule has 2 N–H and O–H groups in total. The van der Waals surface area contributed by atoms with E-state index in [2.05, 4.69) is 15.2 Å². The first-order valence-electron chi connectivity index (χ1n) is 11.1. The maximum Gasteiger partial charge on any atom is 0.418 e. The van der Waals surface area contributed by atoms with Crippen LogP contribution in [0, 0.1) is 11.8 Å². The summed E-state index contributed by atoms with van der Waals surface area (Å²) in [5, 5.41) is 7.57. The van der Waals surface area contributed by atoms with Gasteiger partial charge in [-0.3, -0.25) is 4.98 Å². The van der Waals surface area contributed by atoms with Gasteiger partial charge < -0.3 is 4.74 Å². The molecule has 4 rings (SSSR count). The molecule has 0 atom stereocenters. The van der Waals surface area contributed by atoms with Crippen molar-refractivity contribution in [3.63, 3.8) is 0 Å². The Balaban J connectivity index is 1.26. The SMILES string of the molecule is O=C(OCC1CCC(CCSc2n[nH]c(=O)[nH]2)CC1)N(c1ccccc1)c1ccc(Cl)cc1. The second-order valence-electron chi connectivity index (χ2n) is 8.23. The number of carbonyl (C=O) groups is 1. The van der Waals surface area contributed by atoms with Crippen molar-refractivity contribution in [2.24, 2.45) is 11.8 Å². The Kier molecular flexibility index (Phi) is 8.12. The van der Waals surface area contributed by atoms with Crippen LogP contribution in [-0.2, 0) is 4.74 Å². The summed E-state index contributed by atoms with van der Waals surface area (Å²) in [6.07, 6.45) is 5.06. The van der Waals surface area contributed by atoms with E-state index >= 15 is 0 Å². The highest BCUT2D eigenvalue weighted by molar-refractivity contribution is 7.99. The van der Waals surface area contributed by atoms with Gasteiger partial charge in [-0.25, -0.2) is 19.6 Å². The smallest absolute Gasteiger partial charge is 0.418 e. The van der Waals surface area contributed by atoms with Crippen LogP contribution in [0.2, 0.25) is 5.02 Å². The average Bonchev–Trinajstić information content (AvgIpc) is 3.25. The van der Waals surface area contributed by atoms with Gasteiger partial charge in [0.15, 0.2) is 5.16 Å². The van der Waals surface area contributed by atoms with Crippen molar-refractivity contribution in [2.45, 2.75) is 37.3 Å². The number of para-hydroxylation sites is 1. The fourth-order valence-electron chi connectivity index (χ4n) is 4.11. The molecule has 1 amide bonds. The average molecular weight is 487 g/mol. The van der Waals surface area contributed by atoms with Crippen molar-refractivity contribution in [2.75, 3.05) is 17.3 Å². The third kappa shape index (κ3) is 6.65. The quantitative estimate of drug-likeness (QED) is 0.380. The number of H-pyrrole nitrogens is 2. The highest BCUT2D eigenvalue weighted by atomic mass is 35.5. The number of nitrogens with one attached hydrogen (secondary N) is 2. The summed E-state index contributed by atoms with van der Waals surface area (Å²) >= 11 is 7.59. The van der Waals surface area contributed by atoms with Crippen LogP contribution in [0.15, 0.2) is 64.5 Å². The van der Waals surface area contributed by atoms with Gasteiger partial charge in [-0.2, -0.15) is 0 Å². The molecule has 0 unspecified atom stereocenters. The summed E-state index contributed by atoms with van der Waals surface area (Å²) in [7, 11) is 0. The predicted octanol–water partition coefficient (Wildman–Crippen LogP) is 6.01. The van der Waals surface area contributed by atoms with Crippen molar-refractivity contribution in [1.82, 2.24) is 15.2 Å². The van der Waals surface area contributed by atoms with Gasteiger partial charge in [0.2, 0.25) is 0 Å². The van der Waals surface area contributed by atoms with Crippen molar-refractivity contribution < 1.29 is 9.53 Å². The van der Waals surface area contributed by atoms with E-state index in [4.69, 9.17) is 16.3 Å². The molecule has 0 bridgehead atoms. The molecule has 174 valence electrons. The van der Waals surface area contributed by atoms with E-state index < -0.39 is 0 Å². The first-order valence-corrected chi connectivity index (χ1v) is 12.5. The zero-order chi connectivity index (χ0) is 23.0. The molecule has 2 aromatic carbocycles. The number of hydrogen-bond acceptors (Lipinski definition) is 5. The second kappa shape index (κ2) is 11.4. The molecule has 1 heterocycles. The van der Waals surface area contributed by atoms with Crippen LogP contribution in [0.1, 0.15) is 32.1 Å². The van der Waals surface area contributed by atoms with Crippen LogP contribution in [0.25, 0.3) is 0 Å². The van der Waals surface area contributed by atoms with E-state index in [0.717, 1.165) is 49.2 Å². The van der Waals surface area contributed by atoms with Gasteiger partial charge in [0, 0.05) is 10.8 Å². The number of benzene rings is 2. The van der Waals surface area contributed by atoms with E-state index in [1.165, 1.54) is 0 Å². The van der Waals surface area contributed by atoms with Gasteiger partial charge in [-0.1, -0.05) is 54.4 Å². The molecular formula is C24H27ClN4O3S. The number of anilines is 2. The first-order chi connectivity index (χ1) is 16.1. The maximum absolute atomic E-state index is 13.0. The molecular weight excluding hydrogens is 460 g/mol. The van der Waals surface area contributed by atoms with E-state index in [0.29, 0.717) is 28.6 Å². The summed E-state index contributed by atoms with van der Waals surface area (Å²) in [4.78, 5) is 28.4. The highest BCUT2D eigenvalue weighted by Gasteiger charge is 2.25. The van der Waals surface area contributed by atoms with Crippen LogP contribution < -0.4 is 10.6 Å². The van der Waals surface area contributed by atoms with Gasteiger partial charge in [0.25, 0.3) is 0 Å². The Morgan fingerprint density at radius 2 is 1.70 bits per heavy atom. The summed E-state index contributed by atoms with van der Waals surface area (Å²) in [5.41, 5.74) is 1.20. The van der Waals surface area contributed by atoms with E-state index in [1.807, 2.05) is 42.5 Å². The molecule has 0 radical (unpaired) electrons. The topological polar surface area (TPSA) is 91.1 Å². The van der Waals surface area contributed by atoms with Gasteiger partial charge in [-0.05, 0) is 67.5 Å². The number of aromatic amines is 2. The summed E-state index contributed by atoms with van der Waals surface area (Å²) < 4.78 is 5.76. The van der Waals surface area contributed by atoms with Crippen LogP contribution in [-0.4, -0.2) is 33.6 Å². The van der Waals surface area contributed by atoms with Crippen LogP contribution in [0.3, 0.4) is 0 Å². The monoisotopic (exact) mass is 486 g/mol. The Hall–Kier alpha value is -2.71. The molecule has 1 aliphatic rings. The highest BCUT2D eigenvalue weighted by Crippen LogP contribution is 2.33. The number of aromatic nitrogens is 3. The predicted molar refractivity (Wildman–Crippen MR) is 131 cm³/mol. The lowest BCUT2D eigenvalue weighted by atomic mass is 9.81. The zero-order valence-electron chi connectivity index (χ0n) is 18.2. The molecule has 0 saturated heterocycles. The molecule has 7 nitrogen and oxygen atoms in total. The second-order valence-corrected chi connectivity index (χ2v) is 9.75. The molecule has 1 aromatic heterocycles. The van der Waals surface area contributed by atoms with Gasteiger partial charge >= 0.3 is 11.8 Å². The Labute approximate surface area is 201 Å². The number of rotatable bonds is 8. The standard InChI is InChI=1S/C24H27ClN4O3S/c25-19-10-12-21(13-11-19)29(20-4-2-1-3-5-20)24(31)32-16-18-8-6-17(7-9-18)14-15-33-23-26-22(30)27-28-23/h1-5,10-13,17-18H,6-9,14-16H2,(H2,26,27,28,30). The van der Waals surface area contributed by atoms with Crippen molar-refractivity contribution in [3.05, 3.63) is 70.1 Å². The van der Waals surface area contributed by atoms with Gasteiger partial charge in [0.05, 0.1) is 18.0 Å². The lowest BCUT2D eigenvalue weighted by Gasteiger charge is -2.29. The lowest BCUT2D eigenvalue weighted by molar-refractivity contribution is 0.116. The number of thioether (sulfide) groups is 1. The minimum absolute atomic E-state index is 0.269. The molecule has 3 aromatic rings. The summed E-state index contributed by atoms with van der Waals surface area (Å²) in [6, 6.07) is 16.7. The molecule has 9 heteroatoms. The Bertz CT molecular complexity index is 1080. The van der Waals surface area contributed by atoms with E-state index in [1.54, 1.807) is 28.8 Å². The number of hydrogen-bond donors (Lipinski definition) is 2. The molecule has 1 saturated carbocycles. The largest absolute Gasteiger partial charge is 0.449 e. The third-order valence-corrected chi connectivity index (χ3v) is 7.09. The first kappa shape index (κ1) is 23.4. The minimum atomic E-state index is -0.380. The van der Waals surface area contributed by atoms with Gasteiger partial charge in [0.1, 0.15) is 0 Å².